The molecular weight excluding hydrogens is 658 g/mol. The standard InChI is InChI=1S/C37H41N5O9/c1-22(10-8-9-17-41-20-28(39-40-41)26(21-43)24-13-6-3-7-14-24)37(50)27-18-25(38-34(47)33-31(45)30(44)32(46)35(48)51-33)15-16-29(27)42(36(37)49)19-23-11-4-2-5-12-23/h2-8,10-16,18,20,22,26,30-33,35,43-46,48,50H,9,17,19,21H2,1H3,(H,38,47)/b10-8+/t22-,26?,30+,31+,32-,33+,35-,37+/m1/s1. The van der Waals surface area contributed by atoms with Crippen LogP contribution in [-0.4, -0.2) is 94.8 Å². The van der Waals surface area contributed by atoms with Crippen LogP contribution in [0.5, 0.6) is 0 Å². The van der Waals surface area contributed by atoms with Gasteiger partial charge in [-0.05, 0) is 35.7 Å². The molecule has 268 valence electrons. The van der Waals surface area contributed by atoms with Crippen molar-refractivity contribution >= 4 is 23.2 Å². The molecule has 0 bridgehead atoms. The van der Waals surface area contributed by atoms with Crippen molar-refractivity contribution in [3.05, 3.63) is 120 Å². The summed E-state index contributed by atoms with van der Waals surface area (Å²) >= 11 is 0. The zero-order valence-corrected chi connectivity index (χ0v) is 27.8. The summed E-state index contributed by atoms with van der Waals surface area (Å²) in [6.45, 7) is 2.24. The highest BCUT2D eigenvalue weighted by molar-refractivity contribution is 6.08. The zero-order chi connectivity index (χ0) is 36.3. The van der Waals surface area contributed by atoms with Crippen LogP contribution in [-0.2, 0) is 33.0 Å². The third-order valence-corrected chi connectivity index (χ3v) is 9.47. The average Bonchev–Trinajstić information content (AvgIpc) is 3.69. The predicted octanol–water partition coefficient (Wildman–Crippen LogP) is 1.16. The van der Waals surface area contributed by atoms with Gasteiger partial charge >= 0.3 is 0 Å². The molecule has 1 saturated heterocycles. The fourth-order valence-corrected chi connectivity index (χ4v) is 6.52. The molecule has 1 unspecified atom stereocenters. The monoisotopic (exact) mass is 699 g/mol. The summed E-state index contributed by atoms with van der Waals surface area (Å²) in [5.74, 6) is -2.50. The van der Waals surface area contributed by atoms with E-state index in [1.54, 1.807) is 29.9 Å². The molecule has 14 heteroatoms. The number of nitrogens with one attached hydrogen (secondary N) is 1. The van der Waals surface area contributed by atoms with Gasteiger partial charge in [-0.25, -0.2) is 0 Å². The molecule has 0 saturated carbocycles. The molecule has 51 heavy (non-hydrogen) atoms. The van der Waals surface area contributed by atoms with Gasteiger partial charge in [0.1, 0.15) is 18.3 Å². The molecule has 1 aromatic heterocycles. The van der Waals surface area contributed by atoms with E-state index in [-0.39, 0.29) is 30.3 Å². The van der Waals surface area contributed by atoms with Gasteiger partial charge in [-0.2, -0.15) is 0 Å². The SMILES string of the molecule is C[C@H](/C=C/CCn1cc(C(CO)c2ccccc2)nn1)[C@@]1(O)C(=O)N(Cc2ccccc2)c2ccc(NC(=O)[C@H]3O[C@@H](O)[C@H](O)[C@@H](O)[C@@H]3O)cc21. The zero-order valence-electron chi connectivity index (χ0n) is 27.8. The molecule has 14 nitrogen and oxygen atoms in total. The molecule has 7 N–H and O–H groups in total. The number of ether oxygens (including phenoxy) is 1. The first-order valence-corrected chi connectivity index (χ1v) is 16.7. The van der Waals surface area contributed by atoms with Gasteiger partial charge in [0, 0.05) is 29.9 Å². The molecule has 2 aliphatic rings. The van der Waals surface area contributed by atoms with Gasteiger partial charge in [0.25, 0.3) is 11.8 Å². The quantitative estimate of drug-likeness (QED) is 0.104. The van der Waals surface area contributed by atoms with Crippen LogP contribution in [0.3, 0.4) is 0 Å². The van der Waals surface area contributed by atoms with Crippen LogP contribution in [0.1, 0.15) is 41.6 Å². The molecule has 0 spiro atoms. The van der Waals surface area contributed by atoms with Crippen LogP contribution < -0.4 is 10.2 Å². The maximum Gasteiger partial charge on any atom is 0.264 e. The Labute approximate surface area is 293 Å². The molecule has 1 fully saturated rings. The van der Waals surface area contributed by atoms with E-state index in [0.717, 1.165) is 11.1 Å². The molecular formula is C37H41N5O9. The largest absolute Gasteiger partial charge is 0.395 e. The van der Waals surface area contributed by atoms with Gasteiger partial charge in [-0.3, -0.25) is 14.3 Å². The number of fused-ring (bicyclic) bond motifs is 1. The number of aliphatic hydroxyl groups excluding tert-OH is 5. The van der Waals surface area contributed by atoms with Gasteiger partial charge in [-0.1, -0.05) is 85.0 Å². The number of hydrogen-bond donors (Lipinski definition) is 7. The van der Waals surface area contributed by atoms with E-state index in [0.29, 0.717) is 24.3 Å². The minimum absolute atomic E-state index is 0.117. The molecule has 6 rings (SSSR count). The fraction of sp³-hybridized carbons (Fsp3) is 0.351. The van der Waals surface area contributed by atoms with Crippen molar-refractivity contribution < 1.29 is 45.0 Å². The Hall–Kier alpha value is -4.80. The highest BCUT2D eigenvalue weighted by atomic mass is 16.6. The number of anilines is 2. The Morgan fingerprint density at radius 2 is 1.71 bits per heavy atom. The number of benzene rings is 3. The lowest BCUT2D eigenvalue weighted by Gasteiger charge is -2.37. The Morgan fingerprint density at radius 3 is 2.41 bits per heavy atom. The molecule has 2 amide bonds. The third-order valence-electron chi connectivity index (χ3n) is 9.47. The number of aromatic nitrogens is 3. The lowest BCUT2D eigenvalue weighted by molar-refractivity contribution is -0.274. The van der Waals surface area contributed by atoms with E-state index in [9.17, 15) is 40.2 Å². The van der Waals surface area contributed by atoms with Crippen molar-refractivity contribution in [3.63, 3.8) is 0 Å². The predicted molar refractivity (Wildman–Crippen MR) is 184 cm³/mol. The van der Waals surface area contributed by atoms with E-state index in [1.165, 1.54) is 17.0 Å². The van der Waals surface area contributed by atoms with Crippen molar-refractivity contribution in [2.45, 2.75) is 68.7 Å². The van der Waals surface area contributed by atoms with Crippen molar-refractivity contribution in [3.8, 4) is 0 Å². The second-order valence-corrected chi connectivity index (χ2v) is 12.8. The summed E-state index contributed by atoms with van der Waals surface area (Å²) in [5.41, 5.74) is 1.23. The highest BCUT2D eigenvalue weighted by Gasteiger charge is 2.53. The van der Waals surface area contributed by atoms with Crippen LogP contribution in [0.25, 0.3) is 0 Å². The summed E-state index contributed by atoms with van der Waals surface area (Å²) < 4.78 is 6.72. The molecule has 3 aromatic carbocycles. The van der Waals surface area contributed by atoms with Crippen molar-refractivity contribution in [2.24, 2.45) is 5.92 Å². The smallest absolute Gasteiger partial charge is 0.264 e. The first-order valence-electron chi connectivity index (χ1n) is 16.7. The number of aryl methyl sites for hydroxylation is 1. The Kier molecular flexibility index (Phi) is 10.7. The van der Waals surface area contributed by atoms with E-state index in [1.807, 2.05) is 66.7 Å². The van der Waals surface area contributed by atoms with Crippen molar-refractivity contribution in [1.29, 1.82) is 0 Å². The van der Waals surface area contributed by atoms with Crippen LogP contribution in [0.4, 0.5) is 11.4 Å². The normalized spacial score (nSPS) is 25.9. The minimum Gasteiger partial charge on any atom is -0.395 e. The number of allylic oxidation sites excluding steroid dienone is 1. The van der Waals surface area contributed by atoms with Gasteiger partial charge in [0.15, 0.2) is 18.0 Å². The van der Waals surface area contributed by atoms with Crippen molar-refractivity contribution in [1.82, 2.24) is 15.0 Å². The van der Waals surface area contributed by atoms with E-state index in [2.05, 4.69) is 15.6 Å². The summed E-state index contributed by atoms with van der Waals surface area (Å²) in [4.78, 5) is 28.7. The molecule has 4 aromatic rings. The summed E-state index contributed by atoms with van der Waals surface area (Å²) in [6, 6.07) is 23.5. The van der Waals surface area contributed by atoms with Gasteiger partial charge in [-0.15, -0.1) is 5.10 Å². The van der Waals surface area contributed by atoms with E-state index < -0.39 is 54.0 Å². The number of amides is 2. The number of nitrogens with zero attached hydrogens (tertiary/aromatic N) is 4. The average molecular weight is 700 g/mol. The lowest BCUT2D eigenvalue weighted by atomic mass is 9.82. The Morgan fingerprint density at radius 1 is 1.00 bits per heavy atom. The Balaban J connectivity index is 1.20. The maximum absolute atomic E-state index is 14.1. The second-order valence-electron chi connectivity index (χ2n) is 12.8. The third kappa shape index (κ3) is 7.21. The number of carbonyl (C=O) groups excluding carboxylic acids is 2. The van der Waals surface area contributed by atoms with Crippen LogP contribution in [0, 0.1) is 5.92 Å². The number of aliphatic hydroxyl groups is 6. The molecule has 0 aliphatic carbocycles. The number of rotatable bonds is 12. The van der Waals surface area contributed by atoms with Gasteiger partial charge in [0.2, 0.25) is 0 Å². The van der Waals surface area contributed by atoms with Gasteiger partial charge in [0.05, 0.1) is 30.5 Å². The van der Waals surface area contributed by atoms with Crippen LogP contribution >= 0.6 is 0 Å². The molecule has 8 atom stereocenters. The molecule has 0 radical (unpaired) electrons. The maximum atomic E-state index is 14.1. The van der Waals surface area contributed by atoms with Crippen LogP contribution in [0.2, 0.25) is 0 Å². The number of hydrogen-bond acceptors (Lipinski definition) is 11. The summed E-state index contributed by atoms with van der Waals surface area (Å²) in [6.07, 6.45) is -3.20. The molecule has 3 heterocycles. The van der Waals surface area contributed by atoms with E-state index in [4.69, 9.17) is 4.74 Å². The minimum atomic E-state index is -2.02. The highest BCUT2D eigenvalue weighted by Crippen LogP contribution is 2.47. The summed E-state index contributed by atoms with van der Waals surface area (Å²) in [7, 11) is 0. The summed E-state index contributed by atoms with van der Waals surface area (Å²) in [5, 5.41) is 73.3. The lowest BCUT2D eigenvalue weighted by Crippen LogP contribution is -2.60. The first-order chi connectivity index (χ1) is 24.5. The van der Waals surface area contributed by atoms with Crippen molar-refractivity contribution in [2.75, 3.05) is 16.8 Å². The molecule has 2 aliphatic heterocycles. The first kappa shape index (κ1) is 36.0. The van der Waals surface area contributed by atoms with Gasteiger partial charge < -0.3 is 45.6 Å². The van der Waals surface area contributed by atoms with E-state index >= 15 is 0 Å². The second kappa shape index (κ2) is 15.2. The fourth-order valence-electron chi connectivity index (χ4n) is 6.52. The number of carbonyl (C=O) groups is 2. The van der Waals surface area contributed by atoms with Crippen LogP contribution in [0.15, 0.2) is 97.2 Å². The Bertz CT molecular complexity index is 1860. The topological polar surface area (TPSA) is 211 Å².